The van der Waals surface area contributed by atoms with Crippen LogP contribution >= 0.6 is 23.1 Å². The van der Waals surface area contributed by atoms with Gasteiger partial charge in [-0.25, -0.2) is 4.98 Å². The van der Waals surface area contributed by atoms with Gasteiger partial charge in [0.2, 0.25) is 5.13 Å². The third kappa shape index (κ3) is 3.46. The van der Waals surface area contributed by atoms with Gasteiger partial charge in [0.05, 0.1) is 12.7 Å². The van der Waals surface area contributed by atoms with Crippen LogP contribution in [-0.4, -0.2) is 27.4 Å². The molecule has 116 valence electrons. The Bertz CT molecular complexity index is 853. The third-order valence-corrected chi connectivity index (χ3v) is 3.91. The summed E-state index contributed by atoms with van der Waals surface area (Å²) in [4.78, 5) is 20.3. The van der Waals surface area contributed by atoms with Gasteiger partial charge < -0.3 is 4.74 Å². The molecule has 1 amide bonds. The standard InChI is InChI=1S/C15H11ClN4O2S/c1-22-10-5-2-4-9(8-10)13-18-15(23-20-13)19-14(21)11-6-3-7-17-12(11)16/h2-8H,1H3,(H,18,19,20,21). The van der Waals surface area contributed by atoms with Gasteiger partial charge in [-0.15, -0.1) is 0 Å². The molecule has 3 rings (SSSR count). The van der Waals surface area contributed by atoms with Crippen molar-refractivity contribution < 1.29 is 9.53 Å². The summed E-state index contributed by atoms with van der Waals surface area (Å²) in [6.45, 7) is 0. The molecule has 0 aliphatic carbocycles. The molecule has 0 aliphatic heterocycles. The zero-order chi connectivity index (χ0) is 16.2. The summed E-state index contributed by atoms with van der Waals surface area (Å²) in [5.41, 5.74) is 1.09. The van der Waals surface area contributed by atoms with Crippen LogP contribution in [-0.2, 0) is 0 Å². The Hall–Kier alpha value is -2.51. The van der Waals surface area contributed by atoms with Crippen LogP contribution in [0.15, 0.2) is 42.6 Å². The van der Waals surface area contributed by atoms with E-state index >= 15 is 0 Å². The summed E-state index contributed by atoms with van der Waals surface area (Å²) < 4.78 is 9.42. The van der Waals surface area contributed by atoms with Crippen molar-refractivity contribution in [1.29, 1.82) is 0 Å². The largest absolute Gasteiger partial charge is 0.497 e. The zero-order valence-electron chi connectivity index (χ0n) is 12.0. The van der Waals surface area contributed by atoms with E-state index in [1.807, 2.05) is 24.3 Å². The molecule has 1 N–H and O–H groups in total. The van der Waals surface area contributed by atoms with Crippen LogP contribution in [0.1, 0.15) is 10.4 Å². The first-order valence-corrected chi connectivity index (χ1v) is 7.72. The maximum Gasteiger partial charge on any atom is 0.260 e. The lowest BCUT2D eigenvalue weighted by atomic mass is 10.2. The highest BCUT2D eigenvalue weighted by molar-refractivity contribution is 7.10. The first kappa shape index (κ1) is 15.4. The molecule has 1 aromatic carbocycles. The maximum atomic E-state index is 12.2. The van der Waals surface area contributed by atoms with E-state index in [-0.39, 0.29) is 16.6 Å². The van der Waals surface area contributed by atoms with Crippen LogP contribution in [0.25, 0.3) is 11.4 Å². The number of methoxy groups -OCH3 is 1. The summed E-state index contributed by atoms with van der Waals surface area (Å²) in [6.07, 6.45) is 1.52. The first-order valence-electron chi connectivity index (χ1n) is 6.57. The number of carbonyl (C=O) groups excluding carboxylic acids is 1. The summed E-state index contributed by atoms with van der Waals surface area (Å²) >= 11 is 6.99. The van der Waals surface area contributed by atoms with Crippen LogP contribution in [0.2, 0.25) is 5.15 Å². The molecule has 3 aromatic rings. The molecule has 8 heteroatoms. The number of anilines is 1. The predicted molar refractivity (Wildman–Crippen MR) is 89.1 cm³/mol. The number of nitrogens with zero attached hydrogens (tertiary/aromatic N) is 3. The van der Waals surface area contributed by atoms with E-state index in [0.717, 1.165) is 17.1 Å². The lowest BCUT2D eigenvalue weighted by molar-refractivity contribution is 0.102. The minimum absolute atomic E-state index is 0.141. The molecule has 0 fully saturated rings. The molecule has 2 aromatic heterocycles. The van der Waals surface area contributed by atoms with Crippen LogP contribution in [0, 0.1) is 0 Å². The Kier molecular flexibility index (Phi) is 4.50. The lowest BCUT2D eigenvalue weighted by Crippen LogP contribution is -2.12. The van der Waals surface area contributed by atoms with E-state index < -0.39 is 0 Å². The molecule has 0 unspecified atom stereocenters. The molecule has 6 nitrogen and oxygen atoms in total. The highest BCUT2D eigenvalue weighted by Crippen LogP contribution is 2.25. The zero-order valence-corrected chi connectivity index (χ0v) is 13.6. The number of ether oxygens (including phenoxy) is 1. The van der Waals surface area contributed by atoms with Crippen molar-refractivity contribution in [2.24, 2.45) is 0 Å². The second kappa shape index (κ2) is 6.72. The first-order chi connectivity index (χ1) is 11.2. The van der Waals surface area contributed by atoms with E-state index in [1.54, 1.807) is 19.2 Å². The van der Waals surface area contributed by atoms with Gasteiger partial charge in [0.15, 0.2) is 5.82 Å². The van der Waals surface area contributed by atoms with Gasteiger partial charge in [0, 0.05) is 23.3 Å². The molecular weight excluding hydrogens is 336 g/mol. The Labute approximate surface area is 141 Å². The average molecular weight is 347 g/mol. The van der Waals surface area contributed by atoms with Gasteiger partial charge in [-0.1, -0.05) is 23.7 Å². The summed E-state index contributed by atoms with van der Waals surface area (Å²) in [6, 6.07) is 10.6. The van der Waals surface area contributed by atoms with Gasteiger partial charge in [0.1, 0.15) is 10.9 Å². The van der Waals surface area contributed by atoms with Gasteiger partial charge >= 0.3 is 0 Å². The fourth-order valence-electron chi connectivity index (χ4n) is 1.87. The fraction of sp³-hybridized carbons (Fsp3) is 0.0667. The number of rotatable bonds is 4. The second-order valence-electron chi connectivity index (χ2n) is 4.45. The molecule has 2 heterocycles. The van der Waals surface area contributed by atoms with Crippen LogP contribution in [0.4, 0.5) is 5.13 Å². The van der Waals surface area contributed by atoms with Crippen molar-refractivity contribution in [3.8, 4) is 17.1 Å². The van der Waals surface area contributed by atoms with Crippen LogP contribution < -0.4 is 10.1 Å². The number of benzene rings is 1. The number of halogens is 1. The van der Waals surface area contributed by atoms with Gasteiger partial charge in [-0.2, -0.15) is 9.36 Å². The number of carbonyl (C=O) groups is 1. The Balaban J connectivity index is 1.79. The van der Waals surface area contributed by atoms with Crippen molar-refractivity contribution in [3.05, 3.63) is 53.3 Å². The Morgan fingerprint density at radius 3 is 2.96 bits per heavy atom. The number of nitrogens with one attached hydrogen (secondary N) is 1. The Morgan fingerprint density at radius 1 is 1.30 bits per heavy atom. The van der Waals surface area contributed by atoms with E-state index in [9.17, 15) is 4.79 Å². The van der Waals surface area contributed by atoms with Gasteiger partial charge in [-0.05, 0) is 24.3 Å². The molecule has 0 aliphatic rings. The van der Waals surface area contributed by atoms with E-state index in [4.69, 9.17) is 16.3 Å². The highest BCUT2D eigenvalue weighted by atomic mass is 35.5. The quantitative estimate of drug-likeness (QED) is 0.731. The minimum atomic E-state index is -0.378. The number of amides is 1. The molecule has 0 bridgehead atoms. The van der Waals surface area contributed by atoms with Crippen molar-refractivity contribution in [2.75, 3.05) is 12.4 Å². The van der Waals surface area contributed by atoms with Gasteiger partial charge in [-0.3, -0.25) is 10.1 Å². The van der Waals surface area contributed by atoms with E-state index in [0.29, 0.717) is 16.7 Å². The maximum absolute atomic E-state index is 12.2. The van der Waals surface area contributed by atoms with Crippen molar-refractivity contribution in [2.45, 2.75) is 0 Å². The summed E-state index contributed by atoms with van der Waals surface area (Å²) in [5.74, 6) is 0.850. The third-order valence-electron chi connectivity index (χ3n) is 2.98. The monoisotopic (exact) mass is 346 g/mol. The van der Waals surface area contributed by atoms with Crippen LogP contribution in [0.3, 0.4) is 0 Å². The van der Waals surface area contributed by atoms with E-state index in [2.05, 4.69) is 19.7 Å². The SMILES string of the molecule is COc1cccc(-c2nsc(NC(=O)c3cccnc3Cl)n2)c1. The minimum Gasteiger partial charge on any atom is -0.497 e. The topological polar surface area (TPSA) is 77.0 Å². The number of hydrogen-bond acceptors (Lipinski definition) is 6. The summed E-state index contributed by atoms with van der Waals surface area (Å²) in [5, 5.41) is 3.19. The lowest BCUT2D eigenvalue weighted by Gasteiger charge is -2.02. The molecule has 0 saturated heterocycles. The summed E-state index contributed by atoms with van der Waals surface area (Å²) in [7, 11) is 1.59. The molecule has 23 heavy (non-hydrogen) atoms. The van der Waals surface area contributed by atoms with Crippen LogP contribution in [0.5, 0.6) is 5.75 Å². The average Bonchev–Trinajstić information content (AvgIpc) is 3.03. The molecule has 0 spiro atoms. The fourth-order valence-corrected chi connectivity index (χ4v) is 2.66. The number of hydrogen-bond donors (Lipinski definition) is 1. The normalized spacial score (nSPS) is 10.3. The second-order valence-corrected chi connectivity index (χ2v) is 5.56. The molecule has 0 saturated carbocycles. The number of pyridine rings is 1. The Morgan fingerprint density at radius 2 is 2.17 bits per heavy atom. The highest BCUT2D eigenvalue weighted by Gasteiger charge is 2.14. The van der Waals surface area contributed by atoms with Crippen molar-refractivity contribution in [3.63, 3.8) is 0 Å². The smallest absolute Gasteiger partial charge is 0.260 e. The van der Waals surface area contributed by atoms with Crippen molar-refractivity contribution >= 4 is 34.2 Å². The van der Waals surface area contributed by atoms with Crippen molar-refractivity contribution in [1.82, 2.24) is 14.3 Å². The van der Waals surface area contributed by atoms with Gasteiger partial charge in [0.25, 0.3) is 5.91 Å². The molecule has 0 radical (unpaired) electrons. The van der Waals surface area contributed by atoms with E-state index in [1.165, 1.54) is 6.20 Å². The molecular formula is C15H11ClN4O2S. The predicted octanol–water partition coefficient (Wildman–Crippen LogP) is 3.51. The molecule has 0 atom stereocenters. The number of aromatic nitrogens is 3.